The van der Waals surface area contributed by atoms with E-state index in [1.54, 1.807) is 0 Å². The fourth-order valence-corrected chi connectivity index (χ4v) is 1.47. The number of nitrogens with one attached hydrogen (secondary N) is 2. The molecule has 0 heterocycles. The summed E-state index contributed by atoms with van der Waals surface area (Å²) in [5.74, 6) is 0.0844. The summed E-state index contributed by atoms with van der Waals surface area (Å²) in [4.78, 5) is 34.5. The predicted molar refractivity (Wildman–Crippen MR) is 85.4 cm³/mol. The molecule has 1 atom stereocenters. The Morgan fingerprint density at radius 1 is 0.909 bits per heavy atom. The Balaban J connectivity index is 3.66. The summed E-state index contributed by atoms with van der Waals surface area (Å²) in [6.07, 6.45) is 0.553. The van der Waals surface area contributed by atoms with Gasteiger partial charge in [0.05, 0.1) is 19.8 Å². The van der Waals surface area contributed by atoms with Crippen LogP contribution in [0.1, 0.15) is 47.5 Å². The Labute approximate surface area is 133 Å². The zero-order valence-electron chi connectivity index (χ0n) is 14.4. The molecule has 0 radical (unpaired) electrons. The van der Waals surface area contributed by atoms with E-state index in [-0.39, 0.29) is 49.1 Å². The molecule has 1 unspecified atom stereocenters. The normalized spacial score (nSPS) is 12.3. The minimum Gasteiger partial charge on any atom is -0.380 e. The molecule has 0 aliphatic rings. The zero-order chi connectivity index (χ0) is 17.1. The maximum Gasteiger partial charge on any atom is 0.239 e. The summed E-state index contributed by atoms with van der Waals surface area (Å²) in [6, 6.07) is 0.0752. The summed E-state index contributed by atoms with van der Waals surface area (Å²) in [5, 5.41) is 5.36. The van der Waals surface area contributed by atoms with Gasteiger partial charge in [-0.3, -0.25) is 14.4 Å². The number of rotatable bonds is 11. The first-order valence-corrected chi connectivity index (χ1v) is 7.90. The number of carbonyl (C=O) groups excluding carboxylic acids is 3. The van der Waals surface area contributed by atoms with Gasteiger partial charge in [0.1, 0.15) is 5.78 Å². The third kappa shape index (κ3) is 10.3. The first kappa shape index (κ1) is 20.6. The van der Waals surface area contributed by atoms with E-state index in [0.717, 1.165) is 0 Å². The van der Waals surface area contributed by atoms with Crippen LogP contribution in [0.4, 0.5) is 0 Å². The van der Waals surface area contributed by atoms with Gasteiger partial charge >= 0.3 is 0 Å². The van der Waals surface area contributed by atoms with Crippen molar-refractivity contribution in [1.82, 2.24) is 10.6 Å². The second kappa shape index (κ2) is 11.2. The van der Waals surface area contributed by atoms with Crippen LogP contribution in [0.25, 0.3) is 0 Å². The van der Waals surface area contributed by atoms with Gasteiger partial charge in [0.2, 0.25) is 11.8 Å². The summed E-state index contributed by atoms with van der Waals surface area (Å²) in [5.41, 5.74) is 0. The summed E-state index contributed by atoms with van der Waals surface area (Å²) in [6.45, 7) is 10.2. The molecule has 0 aromatic heterocycles. The molecule has 2 N–H and O–H groups in total. The van der Waals surface area contributed by atoms with Gasteiger partial charge in [0, 0.05) is 24.8 Å². The van der Waals surface area contributed by atoms with Crippen molar-refractivity contribution in [1.29, 1.82) is 0 Å². The molecular formula is C16H30N2O4. The van der Waals surface area contributed by atoms with Crippen LogP contribution in [0.3, 0.4) is 0 Å². The van der Waals surface area contributed by atoms with Gasteiger partial charge in [-0.2, -0.15) is 0 Å². The minimum absolute atomic E-state index is 0.0126. The molecule has 0 aliphatic heterocycles. The van der Waals surface area contributed by atoms with Gasteiger partial charge in [0.25, 0.3) is 0 Å². The highest BCUT2D eigenvalue weighted by Crippen LogP contribution is 1.99. The number of ether oxygens (including phenoxy) is 1. The van der Waals surface area contributed by atoms with Crippen LogP contribution in [0, 0.1) is 11.8 Å². The average Bonchev–Trinajstić information content (AvgIpc) is 2.44. The Morgan fingerprint density at radius 2 is 1.50 bits per heavy atom. The van der Waals surface area contributed by atoms with Gasteiger partial charge in [-0.1, -0.05) is 27.7 Å². The lowest BCUT2D eigenvalue weighted by molar-refractivity contribution is -0.127. The van der Waals surface area contributed by atoms with Crippen LogP contribution in [-0.4, -0.2) is 43.4 Å². The molecule has 6 heteroatoms. The van der Waals surface area contributed by atoms with E-state index >= 15 is 0 Å². The fraction of sp³-hybridized carbons (Fsp3) is 0.812. The molecule has 0 aromatic carbocycles. The minimum atomic E-state index is -0.234. The standard InChI is InChI=1S/C16H30N2O4/c1-11(2)13(5)18-16(21)10-17-15(20)7-9-22-8-6-14(19)12(3)4/h11-13H,6-10H2,1-5H3,(H,17,20)(H,18,21). The number of hydrogen-bond donors (Lipinski definition) is 2. The van der Waals surface area contributed by atoms with Crippen molar-refractivity contribution in [3.8, 4) is 0 Å². The second-order valence-electron chi connectivity index (χ2n) is 6.11. The van der Waals surface area contributed by atoms with E-state index in [4.69, 9.17) is 4.74 Å². The zero-order valence-corrected chi connectivity index (χ0v) is 14.4. The fourth-order valence-electron chi connectivity index (χ4n) is 1.47. The number of Topliss-reactive ketones (excluding diaryl/α,β-unsaturated/α-hetero) is 1. The molecule has 0 saturated carbocycles. The Kier molecular flexibility index (Phi) is 10.5. The van der Waals surface area contributed by atoms with Crippen molar-refractivity contribution in [3.63, 3.8) is 0 Å². The summed E-state index contributed by atoms with van der Waals surface area (Å²) in [7, 11) is 0. The number of ketones is 1. The van der Waals surface area contributed by atoms with E-state index in [9.17, 15) is 14.4 Å². The molecule has 2 amide bonds. The first-order chi connectivity index (χ1) is 10.2. The van der Waals surface area contributed by atoms with Gasteiger partial charge in [-0.05, 0) is 12.8 Å². The molecular weight excluding hydrogens is 284 g/mol. The van der Waals surface area contributed by atoms with E-state index < -0.39 is 0 Å². The molecule has 0 aromatic rings. The van der Waals surface area contributed by atoms with Crippen LogP contribution < -0.4 is 10.6 Å². The van der Waals surface area contributed by atoms with Gasteiger partial charge in [-0.15, -0.1) is 0 Å². The van der Waals surface area contributed by atoms with Crippen molar-refractivity contribution in [3.05, 3.63) is 0 Å². The molecule has 22 heavy (non-hydrogen) atoms. The molecule has 0 spiro atoms. The Bertz CT molecular complexity index is 367. The number of hydrogen-bond acceptors (Lipinski definition) is 4. The molecule has 0 bridgehead atoms. The van der Waals surface area contributed by atoms with Crippen molar-refractivity contribution in [2.75, 3.05) is 19.8 Å². The van der Waals surface area contributed by atoms with Crippen LogP contribution in [0.15, 0.2) is 0 Å². The summed E-state index contributed by atoms with van der Waals surface area (Å²) >= 11 is 0. The maximum atomic E-state index is 11.6. The highest BCUT2D eigenvalue weighted by atomic mass is 16.5. The topological polar surface area (TPSA) is 84.5 Å². The lowest BCUT2D eigenvalue weighted by Crippen LogP contribution is -2.42. The molecule has 0 saturated heterocycles. The summed E-state index contributed by atoms with van der Waals surface area (Å²) < 4.78 is 5.25. The number of amides is 2. The predicted octanol–water partition coefficient (Wildman–Crippen LogP) is 1.29. The van der Waals surface area contributed by atoms with Crippen molar-refractivity contribution >= 4 is 17.6 Å². The SMILES string of the molecule is CC(C)C(=O)CCOCCC(=O)NCC(=O)NC(C)C(C)C. The van der Waals surface area contributed by atoms with E-state index in [1.165, 1.54) is 0 Å². The van der Waals surface area contributed by atoms with Crippen LogP contribution in [-0.2, 0) is 19.1 Å². The van der Waals surface area contributed by atoms with Crippen LogP contribution >= 0.6 is 0 Å². The molecule has 6 nitrogen and oxygen atoms in total. The molecule has 0 rings (SSSR count). The maximum absolute atomic E-state index is 11.6. The smallest absolute Gasteiger partial charge is 0.239 e. The lowest BCUT2D eigenvalue weighted by atomic mass is 10.1. The van der Waals surface area contributed by atoms with Crippen molar-refractivity contribution < 1.29 is 19.1 Å². The van der Waals surface area contributed by atoms with Gasteiger partial charge < -0.3 is 15.4 Å². The van der Waals surface area contributed by atoms with E-state index in [2.05, 4.69) is 10.6 Å². The van der Waals surface area contributed by atoms with E-state index in [0.29, 0.717) is 18.9 Å². The third-order valence-electron chi connectivity index (χ3n) is 3.44. The van der Waals surface area contributed by atoms with E-state index in [1.807, 2.05) is 34.6 Å². The lowest BCUT2D eigenvalue weighted by Gasteiger charge is -2.17. The number of carbonyl (C=O) groups is 3. The monoisotopic (exact) mass is 314 g/mol. The third-order valence-corrected chi connectivity index (χ3v) is 3.44. The van der Waals surface area contributed by atoms with Crippen LogP contribution in [0.2, 0.25) is 0 Å². The van der Waals surface area contributed by atoms with Gasteiger partial charge in [0.15, 0.2) is 0 Å². The highest BCUT2D eigenvalue weighted by molar-refractivity contribution is 5.84. The Hall–Kier alpha value is -1.43. The molecule has 128 valence electrons. The van der Waals surface area contributed by atoms with Crippen molar-refractivity contribution in [2.45, 2.75) is 53.5 Å². The van der Waals surface area contributed by atoms with Crippen molar-refractivity contribution in [2.24, 2.45) is 11.8 Å². The average molecular weight is 314 g/mol. The van der Waals surface area contributed by atoms with Gasteiger partial charge in [-0.25, -0.2) is 0 Å². The molecule has 0 fully saturated rings. The molecule has 0 aliphatic carbocycles. The highest BCUT2D eigenvalue weighted by Gasteiger charge is 2.11. The Morgan fingerprint density at radius 3 is 2.05 bits per heavy atom. The largest absolute Gasteiger partial charge is 0.380 e. The second-order valence-corrected chi connectivity index (χ2v) is 6.11. The first-order valence-electron chi connectivity index (χ1n) is 7.90. The van der Waals surface area contributed by atoms with Crippen LogP contribution in [0.5, 0.6) is 0 Å². The quantitative estimate of drug-likeness (QED) is 0.563.